The quantitative estimate of drug-likeness (QED) is 0.0937. The zero-order chi connectivity index (χ0) is 35.9. The largest absolute Gasteiger partial charge is 0.489 e. The standard InChI is InChI=1S/C41H35N3O7/c1-25(2)50-38-23-30(41(47)48)17-20-34(38)44-40(46)29-16-19-33(37(22-29)49-24-26-9-4-3-5-10-26)43-39(45)28-15-18-32(42)36(21-28)51-35-14-8-12-27-11-6-7-13-31(27)35/h3-23,25H,24,42H2,1-2H3,(H,43,45)(H,44,46)(H,47,48). The molecule has 6 rings (SSSR count). The Morgan fingerprint density at radius 2 is 1.24 bits per heavy atom. The molecule has 0 saturated carbocycles. The summed E-state index contributed by atoms with van der Waals surface area (Å²) in [4.78, 5) is 38.7. The number of hydrogen-bond acceptors (Lipinski definition) is 7. The van der Waals surface area contributed by atoms with Crippen LogP contribution in [0.1, 0.15) is 50.5 Å². The number of carboxylic acid groups (broad SMARTS) is 1. The third kappa shape index (κ3) is 8.26. The number of carbonyl (C=O) groups is 3. The Morgan fingerprint density at radius 1 is 0.647 bits per heavy atom. The molecule has 0 heterocycles. The van der Waals surface area contributed by atoms with Crippen molar-refractivity contribution in [1.82, 2.24) is 0 Å². The third-order valence-electron chi connectivity index (χ3n) is 7.81. The van der Waals surface area contributed by atoms with Gasteiger partial charge in [-0.3, -0.25) is 9.59 Å². The fourth-order valence-corrected chi connectivity index (χ4v) is 5.29. The summed E-state index contributed by atoms with van der Waals surface area (Å²) in [6.45, 7) is 3.76. The summed E-state index contributed by atoms with van der Waals surface area (Å²) >= 11 is 0. The highest BCUT2D eigenvalue weighted by Gasteiger charge is 2.18. The van der Waals surface area contributed by atoms with Gasteiger partial charge in [0.1, 0.15) is 23.9 Å². The Bertz CT molecular complexity index is 2230. The van der Waals surface area contributed by atoms with Crippen molar-refractivity contribution in [1.29, 1.82) is 0 Å². The normalized spacial score (nSPS) is 10.8. The lowest BCUT2D eigenvalue weighted by Gasteiger charge is -2.17. The van der Waals surface area contributed by atoms with E-state index in [2.05, 4.69) is 10.6 Å². The maximum atomic E-state index is 13.6. The van der Waals surface area contributed by atoms with E-state index in [4.69, 9.17) is 19.9 Å². The number of nitrogens with one attached hydrogen (secondary N) is 2. The van der Waals surface area contributed by atoms with Crippen LogP contribution in [0.15, 0.2) is 127 Å². The van der Waals surface area contributed by atoms with Crippen molar-refractivity contribution in [2.24, 2.45) is 0 Å². The topological polar surface area (TPSA) is 149 Å². The number of carbonyl (C=O) groups excluding carboxylic acids is 2. The number of aromatic carboxylic acids is 1. The SMILES string of the molecule is CC(C)Oc1cc(C(=O)O)ccc1NC(=O)c1ccc(NC(=O)c2ccc(N)c(Oc3cccc4ccccc34)c2)c(OCc2ccccc2)c1. The van der Waals surface area contributed by atoms with Gasteiger partial charge in [-0.05, 0) is 85.5 Å². The fraction of sp³-hybridized carbons (Fsp3) is 0.0976. The molecular formula is C41H35N3O7. The molecule has 0 aliphatic heterocycles. The summed E-state index contributed by atoms with van der Waals surface area (Å²) in [6, 6.07) is 36.6. The Balaban J connectivity index is 1.26. The summed E-state index contributed by atoms with van der Waals surface area (Å²) in [6.07, 6.45) is -0.271. The summed E-state index contributed by atoms with van der Waals surface area (Å²) in [5.74, 6) is -0.673. The van der Waals surface area contributed by atoms with Crippen molar-refractivity contribution < 1.29 is 33.7 Å². The van der Waals surface area contributed by atoms with Gasteiger partial charge in [0.2, 0.25) is 0 Å². The average Bonchev–Trinajstić information content (AvgIpc) is 3.13. The van der Waals surface area contributed by atoms with Crippen LogP contribution < -0.4 is 30.6 Å². The van der Waals surface area contributed by atoms with Crippen LogP contribution in [0.25, 0.3) is 10.8 Å². The predicted octanol–water partition coefficient (Wildman–Crippen LogP) is 8.78. The van der Waals surface area contributed by atoms with E-state index in [9.17, 15) is 19.5 Å². The van der Waals surface area contributed by atoms with Crippen LogP contribution >= 0.6 is 0 Å². The van der Waals surface area contributed by atoms with Gasteiger partial charge in [0.25, 0.3) is 11.8 Å². The molecule has 51 heavy (non-hydrogen) atoms. The molecular weight excluding hydrogens is 646 g/mol. The lowest BCUT2D eigenvalue weighted by atomic mass is 10.1. The van der Waals surface area contributed by atoms with Gasteiger partial charge in [0.15, 0.2) is 5.75 Å². The van der Waals surface area contributed by atoms with E-state index in [1.807, 2.05) is 72.8 Å². The summed E-state index contributed by atoms with van der Waals surface area (Å²) in [5.41, 5.74) is 8.67. The molecule has 2 amide bonds. The number of carboxylic acids is 1. The second-order valence-corrected chi connectivity index (χ2v) is 11.9. The van der Waals surface area contributed by atoms with E-state index >= 15 is 0 Å². The van der Waals surface area contributed by atoms with Crippen molar-refractivity contribution in [3.8, 4) is 23.0 Å². The number of anilines is 3. The summed E-state index contributed by atoms with van der Waals surface area (Å²) in [7, 11) is 0. The highest BCUT2D eigenvalue weighted by molar-refractivity contribution is 6.08. The fourth-order valence-electron chi connectivity index (χ4n) is 5.29. The maximum absolute atomic E-state index is 13.6. The Hall–Kier alpha value is -6.81. The maximum Gasteiger partial charge on any atom is 0.335 e. The van der Waals surface area contributed by atoms with E-state index in [0.29, 0.717) is 28.6 Å². The minimum absolute atomic E-state index is 0.0219. The lowest BCUT2D eigenvalue weighted by Crippen LogP contribution is -2.16. The van der Waals surface area contributed by atoms with Crippen LogP contribution in [-0.4, -0.2) is 29.0 Å². The number of hydrogen-bond donors (Lipinski definition) is 4. The zero-order valence-electron chi connectivity index (χ0n) is 27.9. The molecule has 256 valence electrons. The monoisotopic (exact) mass is 681 g/mol. The van der Waals surface area contributed by atoms with Gasteiger partial charge in [0.05, 0.1) is 28.7 Å². The van der Waals surface area contributed by atoms with Gasteiger partial charge in [-0.25, -0.2) is 4.79 Å². The third-order valence-corrected chi connectivity index (χ3v) is 7.81. The molecule has 5 N–H and O–H groups in total. The van der Waals surface area contributed by atoms with E-state index in [1.165, 1.54) is 24.3 Å². The van der Waals surface area contributed by atoms with Gasteiger partial charge in [-0.2, -0.15) is 0 Å². The number of ether oxygens (including phenoxy) is 3. The molecule has 0 saturated heterocycles. The number of rotatable bonds is 12. The molecule has 0 fully saturated rings. The van der Waals surface area contributed by atoms with Gasteiger partial charge in [-0.15, -0.1) is 0 Å². The van der Waals surface area contributed by atoms with Crippen molar-refractivity contribution in [3.63, 3.8) is 0 Å². The smallest absolute Gasteiger partial charge is 0.335 e. The minimum atomic E-state index is -1.12. The molecule has 0 aliphatic rings. The van der Waals surface area contributed by atoms with Crippen molar-refractivity contribution in [2.45, 2.75) is 26.6 Å². The molecule has 0 aromatic heterocycles. The molecule has 6 aromatic rings. The summed E-state index contributed by atoms with van der Waals surface area (Å²) in [5, 5.41) is 17.0. The van der Waals surface area contributed by atoms with Gasteiger partial charge in [0, 0.05) is 16.5 Å². The van der Waals surface area contributed by atoms with Crippen LogP contribution in [0.5, 0.6) is 23.0 Å². The molecule has 6 aromatic carbocycles. The number of benzene rings is 6. The Morgan fingerprint density at radius 3 is 1.94 bits per heavy atom. The predicted molar refractivity (Wildman–Crippen MR) is 197 cm³/mol. The van der Waals surface area contributed by atoms with Crippen LogP contribution in [0, 0.1) is 0 Å². The van der Waals surface area contributed by atoms with E-state index < -0.39 is 17.8 Å². The highest BCUT2D eigenvalue weighted by atomic mass is 16.5. The number of nitrogens with two attached hydrogens (primary N) is 1. The number of amides is 2. The average molecular weight is 682 g/mol. The molecule has 0 unspecified atom stereocenters. The first-order chi connectivity index (χ1) is 24.6. The minimum Gasteiger partial charge on any atom is -0.489 e. The van der Waals surface area contributed by atoms with Crippen LogP contribution in [0.4, 0.5) is 17.1 Å². The Kier molecular flexibility index (Phi) is 10.1. The zero-order valence-corrected chi connectivity index (χ0v) is 27.9. The van der Waals surface area contributed by atoms with Crippen molar-refractivity contribution in [2.75, 3.05) is 16.4 Å². The van der Waals surface area contributed by atoms with Gasteiger partial charge >= 0.3 is 5.97 Å². The van der Waals surface area contributed by atoms with Gasteiger partial charge < -0.3 is 35.7 Å². The number of nitrogen functional groups attached to an aromatic ring is 1. The first kappa shape index (κ1) is 34.1. The molecule has 0 bridgehead atoms. The highest BCUT2D eigenvalue weighted by Crippen LogP contribution is 2.35. The lowest BCUT2D eigenvalue weighted by molar-refractivity contribution is 0.0695. The van der Waals surface area contributed by atoms with Crippen LogP contribution in [0.2, 0.25) is 0 Å². The van der Waals surface area contributed by atoms with E-state index in [0.717, 1.165) is 16.3 Å². The Labute approximate surface area is 294 Å². The van der Waals surface area contributed by atoms with Crippen LogP contribution in [-0.2, 0) is 6.61 Å². The van der Waals surface area contributed by atoms with Crippen LogP contribution in [0.3, 0.4) is 0 Å². The first-order valence-corrected chi connectivity index (χ1v) is 16.2. The molecule has 10 heteroatoms. The van der Waals surface area contributed by atoms with Crippen molar-refractivity contribution in [3.05, 3.63) is 150 Å². The second kappa shape index (κ2) is 15.2. The molecule has 0 atom stereocenters. The first-order valence-electron chi connectivity index (χ1n) is 16.2. The van der Waals surface area contributed by atoms with E-state index in [-0.39, 0.29) is 40.9 Å². The molecule has 0 aliphatic carbocycles. The van der Waals surface area contributed by atoms with E-state index in [1.54, 1.807) is 44.2 Å². The van der Waals surface area contributed by atoms with Gasteiger partial charge in [-0.1, -0.05) is 66.7 Å². The number of fused-ring (bicyclic) bond motifs is 1. The molecule has 10 nitrogen and oxygen atoms in total. The summed E-state index contributed by atoms with van der Waals surface area (Å²) < 4.78 is 18.1. The van der Waals surface area contributed by atoms with Crippen molar-refractivity contribution >= 4 is 45.6 Å². The second-order valence-electron chi connectivity index (χ2n) is 11.9. The molecule has 0 radical (unpaired) electrons. The molecule has 0 spiro atoms.